The van der Waals surface area contributed by atoms with Crippen LogP contribution >= 0.6 is 21.6 Å². The van der Waals surface area contributed by atoms with Crippen molar-refractivity contribution in [2.45, 2.75) is 78.1 Å². The Labute approximate surface area is 233 Å². The average Bonchev–Trinajstić information content (AvgIpc) is 2.82. The van der Waals surface area contributed by atoms with Crippen molar-refractivity contribution < 1.29 is 42.1 Å². The summed E-state index contributed by atoms with van der Waals surface area (Å²) in [6.07, 6.45) is -2.00. The van der Waals surface area contributed by atoms with E-state index in [-0.39, 0.29) is 61.1 Å². The van der Waals surface area contributed by atoms with E-state index < -0.39 is 12.1 Å². The Kier molecular flexibility index (Phi) is 18.2. The molecule has 0 radical (unpaired) electrons. The molecule has 0 aliphatic heterocycles. The van der Waals surface area contributed by atoms with Crippen LogP contribution in [0.15, 0.2) is 0 Å². The SMILES string of the molecule is CCC(C)(CO)CC(C)(C)COCSSC(C)(C)CCC(=O)NCCOCCOCCNC(=O)C(F)(F)F. The molecule has 0 aromatic carbocycles. The Morgan fingerprint density at radius 2 is 1.47 bits per heavy atom. The second kappa shape index (κ2) is 18.6. The molecular formula is C25H47F3N2O6S2. The normalized spacial score (nSPS) is 14.3. The molecule has 1 atom stereocenters. The molecular weight excluding hydrogens is 545 g/mol. The minimum Gasteiger partial charge on any atom is -0.396 e. The molecule has 0 aromatic rings. The van der Waals surface area contributed by atoms with E-state index in [0.29, 0.717) is 31.9 Å². The summed E-state index contributed by atoms with van der Waals surface area (Å²) >= 11 is 0. The number of amides is 2. The zero-order valence-electron chi connectivity index (χ0n) is 23.6. The van der Waals surface area contributed by atoms with Crippen molar-refractivity contribution >= 4 is 33.4 Å². The summed E-state index contributed by atoms with van der Waals surface area (Å²) in [4.78, 5) is 22.7. The monoisotopic (exact) mass is 592 g/mol. The third-order valence-corrected chi connectivity index (χ3v) is 8.77. The molecule has 0 aromatic heterocycles. The lowest BCUT2D eigenvalue weighted by atomic mass is 9.73. The van der Waals surface area contributed by atoms with Crippen LogP contribution in [0.4, 0.5) is 13.2 Å². The van der Waals surface area contributed by atoms with Gasteiger partial charge < -0.3 is 30.0 Å². The molecule has 0 spiro atoms. The number of carbonyl (C=O) groups is 2. The number of aliphatic hydroxyl groups excluding tert-OH is 1. The molecule has 13 heteroatoms. The van der Waals surface area contributed by atoms with Gasteiger partial charge in [0.05, 0.1) is 33.0 Å². The fourth-order valence-corrected chi connectivity index (χ4v) is 5.76. The van der Waals surface area contributed by atoms with Gasteiger partial charge in [-0.25, -0.2) is 0 Å². The van der Waals surface area contributed by atoms with Gasteiger partial charge in [0, 0.05) is 30.9 Å². The van der Waals surface area contributed by atoms with E-state index in [1.165, 1.54) is 0 Å². The zero-order valence-corrected chi connectivity index (χ0v) is 25.3. The van der Waals surface area contributed by atoms with Crippen LogP contribution in [0.3, 0.4) is 0 Å². The van der Waals surface area contributed by atoms with Crippen molar-refractivity contribution in [3.8, 4) is 0 Å². The van der Waals surface area contributed by atoms with Crippen LogP contribution in [0.25, 0.3) is 0 Å². The first kappa shape index (κ1) is 37.3. The first-order chi connectivity index (χ1) is 17.6. The summed E-state index contributed by atoms with van der Waals surface area (Å²) in [5.74, 6) is -1.51. The number of hydrogen-bond donors (Lipinski definition) is 3. The van der Waals surface area contributed by atoms with Gasteiger partial charge in [-0.3, -0.25) is 9.59 Å². The lowest BCUT2D eigenvalue weighted by Gasteiger charge is -2.35. The average molecular weight is 593 g/mol. The molecule has 226 valence electrons. The molecule has 8 nitrogen and oxygen atoms in total. The molecule has 0 saturated heterocycles. The highest BCUT2D eigenvalue weighted by Crippen LogP contribution is 2.40. The van der Waals surface area contributed by atoms with Crippen molar-refractivity contribution in [2.24, 2.45) is 10.8 Å². The second-order valence-corrected chi connectivity index (χ2v) is 13.9. The van der Waals surface area contributed by atoms with E-state index in [1.54, 1.807) is 26.9 Å². The maximum atomic E-state index is 12.1. The topological polar surface area (TPSA) is 106 Å². The predicted octanol–water partition coefficient (Wildman–Crippen LogP) is 4.55. The lowest BCUT2D eigenvalue weighted by molar-refractivity contribution is -0.173. The smallest absolute Gasteiger partial charge is 0.396 e. The van der Waals surface area contributed by atoms with E-state index in [2.05, 4.69) is 46.9 Å². The largest absolute Gasteiger partial charge is 0.471 e. The zero-order chi connectivity index (χ0) is 29.3. The van der Waals surface area contributed by atoms with E-state index in [4.69, 9.17) is 14.2 Å². The molecule has 2 amide bonds. The lowest BCUT2D eigenvalue weighted by Crippen LogP contribution is -2.38. The summed E-state index contributed by atoms with van der Waals surface area (Å²) in [5, 5.41) is 14.2. The van der Waals surface area contributed by atoms with E-state index in [1.807, 2.05) is 0 Å². The van der Waals surface area contributed by atoms with Crippen LogP contribution in [-0.2, 0) is 23.8 Å². The number of carbonyl (C=O) groups excluding carboxylic acids is 2. The van der Waals surface area contributed by atoms with E-state index >= 15 is 0 Å². The highest BCUT2D eigenvalue weighted by molar-refractivity contribution is 8.77. The van der Waals surface area contributed by atoms with Crippen molar-refractivity contribution in [3.05, 3.63) is 0 Å². The molecule has 0 bridgehead atoms. The van der Waals surface area contributed by atoms with Gasteiger partial charge in [0.1, 0.15) is 5.94 Å². The minimum absolute atomic E-state index is 0.0260. The van der Waals surface area contributed by atoms with Crippen molar-refractivity contribution in [1.29, 1.82) is 0 Å². The van der Waals surface area contributed by atoms with Crippen molar-refractivity contribution in [1.82, 2.24) is 10.6 Å². The third kappa shape index (κ3) is 19.3. The van der Waals surface area contributed by atoms with Gasteiger partial charge in [0.25, 0.3) is 0 Å². The van der Waals surface area contributed by atoms with E-state index in [9.17, 15) is 27.9 Å². The highest BCUT2D eigenvalue weighted by atomic mass is 33.1. The van der Waals surface area contributed by atoms with Gasteiger partial charge in [0.15, 0.2) is 0 Å². The molecule has 0 rings (SSSR count). The molecule has 0 heterocycles. The quantitative estimate of drug-likeness (QED) is 0.0955. The number of rotatable bonds is 22. The maximum Gasteiger partial charge on any atom is 0.471 e. The molecule has 3 N–H and O–H groups in total. The van der Waals surface area contributed by atoms with Crippen LogP contribution in [0, 0.1) is 10.8 Å². The van der Waals surface area contributed by atoms with Crippen LogP contribution in [0.5, 0.6) is 0 Å². The summed E-state index contributed by atoms with van der Waals surface area (Å²) in [5.41, 5.74) is -0.119. The van der Waals surface area contributed by atoms with Gasteiger partial charge in [-0.1, -0.05) is 49.3 Å². The van der Waals surface area contributed by atoms with Crippen LogP contribution in [0.2, 0.25) is 0 Å². The van der Waals surface area contributed by atoms with Crippen molar-refractivity contribution in [3.63, 3.8) is 0 Å². The number of hydrogen-bond acceptors (Lipinski definition) is 8. The minimum atomic E-state index is -4.90. The van der Waals surface area contributed by atoms with Gasteiger partial charge in [-0.05, 0) is 43.9 Å². The van der Waals surface area contributed by atoms with Crippen LogP contribution in [-0.4, -0.2) is 86.5 Å². The Morgan fingerprint density at radius 3 is 2.00 bits per heavy atom. The highest BCUT2D eigenvalue weighted by Gasteiger charge is 2.38. The second-order valence-electron chi connectivity index (χ2n) is 10.9. The van der Waals surface area contributed by atoms with Gasteiger partial charge in [0.2, 0.25) is 5.91 Å². The van der Waals surface area contributed by atoms with Crippen LogP contribution < -0.4 is 10.6 Å². The van der Waals surface area contributed by atoms with E-state index in [0.717, 1.165) is 12.8 Å². The fourth-order valence-electron chi connectivity index (χ4n) is 3.50. The summed E-state index contributed by atoms with van der Waals surface area (Å²) in [6.45, 7) is 14.2. The van der Waals surface area contributed by atoms with Gasteiger partial charge >= 0.3 is 12.1 Å². The molecule has 0 fully saturated rings. The first-order valence-electron chi connectivity index (χ1n) is 12.8. The molecule has 1 unspecified atom stereocenters. The number of ether oxygens (including phenoxy) is 3. The third-order valence-electron chi connectivity index (χ3n) is 5.73. The Hall–Kier alpha value is -0.730. The van der Waals surface area contributed by atoms with Crippen molar-refractivity contribution in [2.75, 3.05) is 58.7 Å². The summed E-state index contributed by atoms with van der Waals surface area (Å²) < 4.78 is 52.2. The number of halogens is 3. The summed E-state index contributed by atoms with van der Waals surface area (Å²) in [7, 11) is 3.32. The first-order valence-corrected chi connectivity index (χ1v) is 15.1. The number of aliphatic hydroxyl groups is 1. The maximum absolute atomic E-state index is 12.1. The molecule has 0 aliphatic rings. The van der Waals surface area contributed by atoms with Gasteiger partial charge in [-0.15, -0.1) is 0 Å². The van der Waals surface area contributed by atoms with Crippen LogP contribution in [0.1, 0.15) is 67.2 Å². The standard InChI is InChI=1S/C25H47F3N2O6S2/c1-7-24(6,17-31)16-22(2,3)18-36-19-37-38-23(4,5)9-8-20(32)29-10-12-34-14-15-35-13-11-30-21(33)25(26,27)28/h31H,7-19H2,1-6H3,(H,29,32)(H,30,33). The number of nitrogens with one attached hydrogen (secondary N) is 2. The Bertz CT molecular complexity index is 678. The summed E-state index contributed by atoms with van der Waals surface area (Å²) in [6, 6.07) is 0. The molecule has 0 saturated carbocycles. The molecule has 0 aliphatic carbocycles. The van der Waals surface area contributed by atoms with Gasteiger partial charge in [-0.2, -0.15) is 13.2 Å². The predicted molar refractivity (Wildman–Crippen MR) is 147 cm³/mol. The Balaban J connectivity index is 3.82. The Morgan fingerprint density at radius 1 is 0.895 bits per heavy atom. The fraction of sp³-hybridized carbons (Fsp3) is 0.920. The number of alkyl halides is 3. The molecule has 38 heavy (non-hydrogen) atoms.